The Morgan fingerprint density at radius 1 is 1.38 bits per heavy atom. The van der Waals surface area contributed by atoms with Crippen LogP contribution in [0.5, 0.6) is 0 Å². The molecule has 1 heterocycles. The van der Waals surface area contributed by atoms with Crippen LogP contribution in [-0.4, -0.2) is 32.5 Å². The number of sulfonamides is 1. The highest BCUT2D eigenvalue weighted by Crippen LogP contribution is 2.26. The molecule has 1 aliphatic rings. The van der Waals surface area contributed by atoms with Crippen LogP contribution in [0.1, 0.15) is 24.0 Å². The van der Waals surface area contributed by atoms with Crippen LogP contribution < -0.4 is 10.0 Å². The highest BCUT2D eigenvalue weighted by molar-refractivity contribution is 7.89. The normalized spacial score (nSPS) is 19.4. The SMILES string of the molecule is Cc1cc(S(=O)(=O)NC2CCCNC2)cc([N+](=O)[O-])c1C. The average molecular weight is 313 g/mol. The first kappa shape index (κ1) is 15.9. The van der Waals surface area contributed by atoms with Gasteiger partial charge in [-0.05, 0) is 44.9 Å². The molecule has 2 rings (SSSR count). The van der Waals surface area contributed by atoms with Crippen molar-refractivity contribution in [3.63, 3.8) is 0 Å². The summed E-state index contributed by atoms with van der Waals surface area (Å²) in [5.41, 5.74) is 0.904. The van der Waals surface area contributed by atoms with Gasteiger partial charge in [0.25, 0.3) is 5.69 Å². The lowest BCUT2D eigenvalue weighted by atomic mass is 10.1. The molecule has 0 bridgehead atoms. The summed E-state index contributed by atoms with van der Waals surface area (Å²) < 4.78 is 27.4. The summed E-state index contributed by atoms with van der Waals surface area (Å²) in [5.74, 6) is 0. The first-order chi connectivity index (χ1) is 9.81. The Balaban J connectivity index is 2.33. The van der Waals surface area contributed by atoms with E-state index in [9.17, 15) is 18.5 Å². The maximum absolute atomic E-state index is 12.4. The number of piperidine rings is 1. The molecule has 1 fully saturated rings. The molecule has 116 valence electrons. The van der Waals surface area contributed by atoms with Gasteiger partial charge in [0.1, 0.15) is 0 Å². The summed E-state index contributed by atoms with van der Waals surface area (Å²) in [7, 11) is -3.75. The molecule has 7 nitrogen and oxygen atoms in total. The van der Waals surface area contributed by atoms with E-state index in [1.807, 2.05) is 0 Å². The fraction of sp³-hybridized carbons (Fsp3) is 0.538. The van der Waals surface area contributed by atoms with Gasteiger partial charge in [-0.1, -0.05) is 0 Å². The molecule has 0 aliphatic carbocycles. The summed E-state index contributed by atoms with van der Waals surface area (Å²) in [5, 5.41) is 14.1. The van der Waals surface area contributed by atoms with Crippen molar-refractivity contribution >= 4 is 15.7 Å². The van der Waals surface area contributed by atoms with Gasteiger partial charge in [0, 0.05) is 24.2 Å². The van der Waals surface area contributed by atoms with E-state index < -0.39 is 14.9 Å². The van der Waals surface area contributed by atoms with Gasteiger partial charge in [0.05, 0.1) is 9.82 Å². The van der Waals surface area contributed by atoms with E-state index in [1.54, 1.807) is 13.8 Å². The van der Waals surface area contributed by atoms with Crippen molar-refractivity contribution in [1.82, 2.24) is 10.0 Å². The molecule has 0 saturated carbocycles. The zero-order valence-corrected chi connectivity index (χ0v) is 12.9. The third-order valence-corrected chi connectivity index (χ3v) is 5.24. The van der Waals surface area contributed by atoms with Crippen LogP contribution in [-0.2, 0) is 10.0 Å². The van der Waals surface area contributed by atoms with Gasteiger partial charge in [-0.2, -0.15) is 0 Å². The zero-order valence-electron chi connectivity index (χ0n) is 12.0. The van der Waals surface area contributed by atoms with Crippen LogP contribution in [0.15, 0.2) is 17.0 Å². The number of nitrogens with one attached hydrogen (secondary N) is 2. The van der Waals surface area contributed by atoms with Gasteiger partial charge in [-0.25, -0.2) is 13.1 Å². The summed E-state index contributed by atoms with van der Waals surface area (Å²) in [6.07, 6.45) is 1.67. The van der Waals surface area contributed by atoms with Gasteiger partial charge in [0.2, 0.25) is 10.0 Å². The fourth-order valence-corrected chi connectivity index (χ4v) is 3.77. The fourth-order valence-electron chi connectivity index (χ4n) is 2.39. The van der Waals surface area contributed by atoms with Gasteiger partial charge < -0.3 is 5.32 Å². The lowest BCUT2D eigenvalue weighted by Crippen LogP contribution is -2.45. The Labute approximate surface area is 123 Å². The molecule has 1 aromatic carbocycles. The molecule has 1 saturated heterocycles. The lowest BCUT2D eigenvalue weighted by Gasteiger charge is -2.23. The van der Waals surface area contributed by atoms with Gasteiger partial charge >= 0.3 is 0 Å². The summed E-state index contributed by atoms with van der Waals surface area (Å²) >= 11 is 0. The minimum Gasteiger partial charge on any atom is -0.315 e. The quantitative estimate of drug-likeness (QED) is 0.643. The van der Waals surface area contributed by atoms with Crippen LogP contribution in [0.3, 0.4) is 0 Å². The van der Waals surface area contributed by atoms with Crippen molar-refractivity contribution in [2.45, 2.75) is 37.6 Å². The van der Waals surface area contributed by atoms with E-state index >= 15 is 0 Å². The van der Waals surface area contributed by atoms with Crippen LogP contribution in [0.25, 0.3) is 0 Å². The van der Waals surface area contributed by atoms with E-state index in [4.69, 9.17) is 0 Å². The molecule has 0 aromatic heterocycles. The van der Waals surface area contributed by atoms with E-state index in [-0.39, 0.29) is 16.6 Å². The van der Waals surface area contributed by atoms with E-state index in [0.717, 1.165) is 25.5 Å². The number of benzene rings is 1. The number of nitro groups is 1. The van der Waals surface area contributed by atoms with Crippen molar-refractivity contribution < 1.29 is 13.3 Å². The molecular formula is C13H19N3O4S. The number of nitrogens with zero attached hydrogens (tertiary/aromatic N) is 1. The predicted molar refractivity (Wildman–Crippen MR) is 78.8 cm³/mol. The molecule has 0 radical (unpaired) electrons. The van der Waals surface area contributed by atoms with Gasteiger partial charge in [0.15, 0.2) is 0 Å². The monoisotopic (exact) mass is 313 g/mol. The molecule has 1 aromatic rings. The Morgan fingerprint density at radius 3 is 2.67 bits per heavy atom. The Morgan fingerprint density at radius 2 is 2.10 bits per heavy atom. The molecule has 21 heavy (non-hydrogen) atoms. The molecule has 8 heteroatoms. The van der Waals surface area contributed by atoms with Crippen molar-refractivity contribution in [3.05, 3.63) is 33.4 Å². The number of rotatable bonds is 4. The average Bonchev–Trinajstić information content (AvgIpc) is 2.41. The summed E-state index contributed by atoms with van der Waals surface area (Å²) in [6, 6.07) is 2.42. The van der Waals surface area contributed by atoms with Crippen LogP contribution in [0, 0.1) is 24.0 Å². The molecule has 0 spiro atoms. The van der Waals surface area contributed by atoms with Gasteiger partial charge in [-0.15, -0.1) is 0 Å². The van der Waals surface area contributed by atoms with E-state index in [2.05, 4.69) is 10.0 Å². The highest BCUT2D eigenvalue weighted by Gasteiger charge is 2.25. The largest absolute Gasteiger partial charge is 0.315 e. The minimum absolute atomic E-state index is 0.0529. The number of nitro benzene ring substituents is 1. The second kappa shape index (κ2) is 6.08. The Bertz CT molecular complexity index is 652. The number of aryl methyl sites for hydroxylation is 1. The molecule has 1 aliphatic heterocycles. The van der Waals surface area contributed by atoms with Crippen LogP contribution in [0.2, 0.25) is 0 Å². The van der Waals surface area contributed by atoms with Crippen LogP contribution in [0.4, 0.5) is 5.69 Å². The van der Waals surface area contributed by atoms with Gasteiger partial charge in [-0.3, -0.25) is 10.1 Å². The molecule has 2 N–H and O–H groups in total. The molecule has 0 amide bonds. The summed E-state index contributed by atoms with van der Waals surface area (Å²) in [6.45, 7) is 4.74. The Hall–Kier alpha value is -1.51. The molecule has 1 atom stereocenters. The molecule has 1 unspecified atom stereocenters. The summed E-state index contributed by atoms with van der Waals surface area (Å²) in [4.78, 5) is 10.4. The standard InChI is InChI=1S/C13H19N3O4S/c1-9-6-12(7-13(10(9)2)16(17)18)21(19,20)15-11-4-3-5-14-8-11/h6-7,11,14-15H,3-5,8H2,1-2H3. The van der Waals surface area contributed by atoms with Crippen molar-refractivity contribution in [3.8, 4) is 0 Å². The number of hydrogen-bond donors (Lipinski definition) is 2. The van der Waals surface area contributed by atoms with Crippen LogP contribution >= 0.6 is 0 Å². The predicted octanol–water partition coefficient (Wildman–Crippen LogP) is 1.24. The highest BCUT2D eigenvalue weighted by atomic mass is 32.2. The lowest BCUT2D eigenvalue weighted by molar-refractivity contribution is -0.385. The van der Waals surface area contributed by atoms with E-state index in [0.29, 0.717) is 17.7 Å². The zero-order chi connectivity index (χ0) is 15.6. The first-order valence-electron chi connectivity index (χ1n) is 6.80. The minimum atomic E-state index is -3.75. The third kappa shape index (κ3) is 3.58. The second-order valence-electron chi connectivity index (χ2n) is 5.31. The van der Waals surface area contributed by atoms with Crippen molar-refractivity contribution in [2.75, 3.05) is 13.1 Å². The van der Waals surface area contributed by atoms with E-state index in [1.165, 1.54) is 6.07 Å². The maximum Gasteiger partial charge on any atom is 0.273 e. The first-order valence-corrected chi connectivity index (χ1v) is 8.28. The molecular weight excluding hydrogens is 294 g/mol. The topological polar surface area (TPSA) is 101 Å². The smallest absolute Gasteiger partial charge is 0.273 e. The maximum atomic E-state index is 12.4. The second-order valence-corrected chi connectivity index (χ2v) is 7.02. The Kier molecular flexibility index (Phi) is 4.60. The third-order valence-electron chi connectivity index (χ3n) is 3.74. The van der Waals surface area contributed by atoms with Crippen molar-refractivity contribution in [2.24, 2.45) is 0 Å². The van der Waals surface area contributed by atoms with Crippen molar-refractivity contribution in [1.29, 1.82) is 0 Å². The number of hydrogen-bond acceptors (Lipinski definition) is 5.